The average Bonchev–Trinajstić information content (AvgIpc) is 2.94. The predicted octanol–water partition coefficient (Wildman–Crippen LogP) is 1.75. The number of hydrogen-bond acceptors (Lipinski definition) is 3. The van der Waals surface area contributed by atoms with Crippen LogP contribution >= 0.6 is 12.2 Å². The van der Waals surface area contributed by atoms with Crippen molar-refractivity contribution >= 4 is 34.7 Å². The van der Waals surface area contributed by atoms with E-state index in [2.05, 4.69) is 0 Å². The number of imide groups is 1. The molecule has 4 nitrogen and oxygen atoms in total. The minimum atomic E-state index is -0.618. The maximum absolute atomic E-state index is 13.9. The van der Waals surface area contributed by atoms with E-state index in [0.29, 0.717) is 12.8 Å². The van der Waals surface area contributed by atoms with Gasteiger partial charge in [-0.05, 0) is 25.0 Å². The van der Waals surface area contributed by atoms with Crippen LogP contribution < -0.4 is 10.6 Å². The van der Waals surface area contributed by atoms with Gasteiger partial charge in [0.25, 0.3) is 0 Å². The Morgan fingerprint density at radius 1 is 1.25 bits per heavy atom. The van der Waals surface area contributed by atoms with Gasteiger partial charge in [-0.3, -0.25) is 9.59 Å². The Morgan fingerprint density at radius 3 is 2.40 bits per heavy atom. The van der Waals surface area contributed by atoms with Crippen LogP contribution in [0.5, 0.6) is 0 Å². The summed E-state index contributed by atoms with van der Waals surface area (Å²) >= 11 is 4.84. The zero-order chi connectivity index (χ0) is 14.4. The van der Waals surface area contributed by atoms with E-state index >= 15 is 0 Å². The molecule has 1 aromatic carbocycles. The highest BCUT2D eigenvalue weighted by atomic mass is 32.1. The van der Waals surface area contributed by atoms with Crippen molar-refractivity contribution in [3.63, 3.8) is 0 Å². The number of carbonyl (C=O) groups excluding carboxylic acids is 2. The fourth-order valence-corrected chi connectivity index (χ4v) is 3.37. The highest BCUT2D eigenvalue weighted by molar-refractivity contribution is 7.80. The smallest absolute Gasteiger partial charge is 0.237 e. The van der Waals surface area contributed by atoms with Gasteiger partial charge in [-0.15, -0.1) is 0 Å². The molecule has 2 N–H and O–H groups in total. The van der Waals surface area contributed by atoms with Crippen molar-refractivity contribution in [2.75, 3.05) is 4.90 Å². The number of carbonyl (C=O) groups is 2. The minimum Gasteiger partial charge on any atom is -0.389 e. The number of hydrogen-bond donors (Lipinski definition) is 1. The maximum Gasteiger partial charge on any atom is 0.237 e. The van der Waals surface area contributed by atoms with Crippen molar-refractivity contribution < 1.29 is 14.0 Å². The van der Waals surface area contributed by atoms with Crippen molar-refractivity contribution in [3.05, 3.63) is 29.6 Å². The molecule has 1 aliphatic heterocycles. The Bertz CT molecular complexity index is 610. The average molecular weight is 292 g/mol. The number of thiocarbonyl (C=S) groups is 1. The second kappa shape index (κ2) is 4.63. The summed E-state index contributed by atoms with van der Waals surface area (Å²) in [6.07, 6.45) is 2.30. The number of nitrogens with zero attached hydrogens (tertiary/aromatic N) is 1. The quantitative estimate of drug-likeness (QED) is 0.666. The molecule has 2 amide bonds. The monoisotopic (exact) mass is 292 g/mol. The van der Waals surface area contributed by atoms with E-state index in [4.69, 9.17) is 18.0 Å². The summed E-state index contributed by atoms with van der Waals surface area (Å²) in [5.41, 5.74) is 5.66. The van der Waals surface area contributed by atoms with Crippen LogP contribution in [0.4, 0.5) is 10.1 Å². The number of fused-ring (bicyclic) bond motifs is 1. The molecule has 2 aliphatic rings. The molecule has 1 aromatic rings. The van der Waals surface area contributed by atoms with Crippen LogP contribution in [0.3, 0.4) is 0 Å². The predicted molar refractivity (Wildman–Crippen MR) is 75.6 cm³/mol. The molecule has 0 bridgehead atoms. The van der Waals surface area contributed by atoms with Gasteiger partial charge in [0, 0.05) is 0 Å². The summed E-state index contributed by atoms with van der Waals surface area (Å²) in [4.78, 5) is 25.7. The van der Waals surface area contributed by atoms with Crippen LogP contribution in [0.2, 0.25) is 0 Å². The van der Waals surface area contributed by atoms with Gasteiger partial charge in [-0.2, -0.15) is 0 Å². The first kappa shape index (κ1) is 13.2. The van der Waals surface area contributed by atoms with Crippen LogP contribution in [0.25, 0.3) is 0 Å². The second-order valence-electron chi connectivity index (χ2n) is 5.15. The van der Waals surface area contributed by atoms with Gasteiger partial charge in [0.2, 0.25) is 11.8 Å². The van der Waals surface area contributed by atoms with E-state index < -0.39 is 5.82 Å². The third-order valence-electron chi connectivity index (χ3n) is 4.07. The van der Waals surface area contributed by atoms with Crippen LogP contribution in [0, 0.1) is 17.7 Å². The van der Waals surface area contributed by atoms with Gasteiger partial charge in [-0.25, -0.2) is 9.29 Å². The number of rotatable bonds is 2. The Balaban J connectivity index is 2.11. The number of nitrogens with two attached hydrogens (primary N) is 1. The molecule has 3 rings (SSSR count). The lowest BCUT2D eigenvalue weighted by Crippen LogP contribution is -2.33. The third-order valence-corrected chi connectivity index (χ3v) is 4.27. The molecule has 6 heteroatoms. The molecule has 0 spiro atoms. The van der Waals surface area contributed by atoms with Crippen LogP contribution in [0.1, 0.15) is 24.8 Å². The van der Waals surface area contributed by atoms with Crippen LogP contribution in [-0.2, 0) is 9.59 Å². The van der Waals surface area contributed by atoms with Gasteiger partial charge in [-0.1, -0.05) is 24.7 Å². The summed E-state index contributed by atoms with van der Waals surface area (Å²) in [5, 5.41) is 0. The lowest BCUT2D eigenvalue weighted by molar-refractivity contribution is -0.122. The molecule has 20 heavy (non-hydrogen) atoms. The zero-order valence-corrected chi connectivity index (χ0v) is 11.5. The first-order chi connectivity index (χ1) is 9.52. The topological polar surface area (TPSA) is 63.4 Å². The van der Waals surface area contributed by atoms with E-state index in [9.17, 15) is 14.0 Å². The zero-order valence-electron chi connectivity index (χ0n) is 10.6. The third kappa shape index (κ3) is 1.75. The molecular formula is C14H13FN2O2S. The second-order valence-corrected chi connectivity index (χ2v) is 5.59. The largest absolute Gasteiger partial charge is 0.389 e. The minimum absolute atomic E-state index is 0.0378. The van der Waals surface area contributed by atoms with Gasteiger partial charge in [0.1, 0.15) is 10.8 Å². The number of anilines is 1. The van der Waals surface area contributed by atoms with Crippen LogP contribution in [-0.4, -0.2) is 16.8 Å². The summed E-state index contributed by atoms with van der Waals surface area (Å²) in [7, 11) is 0. The van der Waals surface area contributed by atoms with Crippen molar-refractivity contribution in [1.82, 2.24) is 0 Å². The number of benzene rings is 1. The first-order valence-electron chi connectivity index (χ1n) is 6.48. The molecule has 1 saturated heterocycles. The Labute approximate surface area is 120 Å². The molecule has 104 valence electrons. The van der Waals surface area contributed by atoms with Crippen molar-refractivity contribution in [2.45, 2.75) is 19.3 Å². The van der Waals surface area contributed by atoms with Gasteiger partial charge in [0.05, 0.1) is 23.1 Å². The van der Waals surface area contributed by atoms with Crippen molar-refractivity contribution in [2.24, 2.45) is 17.6 Å². The Morgan fingerprint density at radius 2 is 1.85 bits per heavy atom. The van der Waals surface area contributed by atoms with Gasteiger partial charge < -0.3 is 5.73 Å². The van der Waals surface area contributed by atoms with E-state index in [0.717, 1.165) is 11.3 Å². The molecule has 0 radical (unpaired) electrons. The molecule has 1 saturated carbocycles. The van der Waals surface area contributed by atoms with E-state index in [1.54, 1.807) is 0 Å². The fraction of sp³-hybridized carbons (Fsp3) is 0.357. The standard InChI is InChI=1S/C14H13FN2O2S/c15-9-5-2-6-10(11(9)12(16)20)17-13(18)7-3-1-4-8(7)14(17)19/h2,5-8H,1,3-4H2,(H2,16,20). The van der Waals surface area contributed by atoms with E-state index in [1.165, 1.54) is 18.2 Å². The summed E-state index contributed by atoms with van der Waals surface area (Å²) in [5.74, 6) is -1.69. The SMILES string of the molecule is NC(=S)c1c(F)cccc1N1C(=O)C2CCCC2C1=O. The Kier molecular flexibility index (Phi) is 3.05. The maximum atomic E-state index is 13.9. The number of amides is 2. The normalized spacial score (nSPS) is 25.1. The summed E-state index contributed by atoms with van der Waals surface area (Å²) in [6, 6.07) is 4.17. The molecular weight excluding hydrogens is 279 g/mol. The molecule has 2 fully saturated rings. The molecule has 0 aromatic heterocycles. The molecule has 2 atom stereocenters. The van der Waals surface area contributed by atoms with Crippen molar-refractivity contribution in [3.8, 4) is 0 Å². The van der Waals surface area contributed by atoms with Gasteiger partial charge >= 0.3 is 0 Å². The molecule has 1 heterocycles. The molecule has 1 aliphatic carbocycles. The van der Waals surface area contributed by atoms with Crippen molar-refractivity contribution in [1.29, 1.82) is 0 Å². The number of halogens is 1. The van der Waals surface area contributed by atoms with Gasteiger partial charge in [0.15, 0.2) is 0 Å². The van der Waals surface area contributed by atoms with E-state index in [1.807, 2.05) is 0 Å². The van der Waals surface area contributed by atoms with E-state index in [-0.39, 0.29) is 39.9 Å². The molecule has 2 unspecified atom stereocenters. The van der Waals surface area contributed by atoms with Crippen LogP contribution in [0.15, 0.2) is 18.2 Å². The first-order valence-corrected chi connectivity index (χ1v) is 6.89. The fourth-order valence-electron chi connectivity index (χ4n) is 3.17. The lowest BCUT2D eigenvalue weighted by Gasteiger charge is -2.19. The lowest BCUT2D eigenvalue weighted by atomic mass is 10.00. The highest BCUT2D eigenvalue weighted by Crippen LogP contribution is 2.42. The summed E-state index contributed by atoms with van der Waals surface area (Å²) in [6.45, 7) is 0. The summed E-state index contributed by atoms with van der Waals surface area (Å²) < 4.78 is 13.9. The highest BCUT2D eigenvalue weighted by Gasteiger charge is 2.50. The Hall–Kier alpha value is -1.82.